The summed E-state index contributed by atoms with van der Waals surface area (Å²) in [6, 6.07) is 5.34. The summed E-state index contributed by atoms with van der Waals surface area (Å²) < 4.78 is 0. The average Bonchev–Trinajstić information content (AvgIpc) is 2.30. The SMILES string of the molecule is CCN(CC)C(=O)CSc1c(Cl)cccc1Cl. The van der Waals surface area contributed by atoms with E-state index in [4.69, 9.17) is 23.2 Å². The van der Waals surface area contributed by atoms with Gasteiger partial charge in [0.15, 0.2) is 0 Å². The van der Waals surface area contributed by atoms with Gasteiger partial charge in [0.2, 0.25) is 5.91 Å². The highest BCUT2D eigenvalue weighted by Crippen LogP contribution is 2.33. The van der Waals surface area contributed by atoms with Crippen LogP contribution in [0.1, 0.15) is 13.8 Å². The first-order chi connectivity index (χ1) is 8.10. The molecule has 0 atom stereocenters. The van der Waals surface area contributed by atoms with Crippen molar-refractivity contribution in [2.75, 3.05) is 18.8 Å². The molecule has 0 heterocycles. The fourth-order valence-electron chi connectivity index (χ4n) is 1.42. The van der Waals surface area contributed by atoms with E-state index in [0.29, 0.717) is 15.8 Å². The fraction of sp³-hybridized carbons (Fsp3) is 0.417. The van der Waals surface area contributed by atoms with Gasteiger partial charge in [0.05, 0.1) is 15.8 Å². The van der Waals surface area contributed by atoms with Crippen LogP contribution in [0.4, 0.5) is 0 Å². The van der Waals surface area contributed by atoms with Gasteiger partial charge in [-0.1, -0.05) is 29.3 Å². The van der Waals surface area contributed by atoms with Gasteiger partial charge >= 0.3 is 0 Å². The van der Waals surface area contributed by atoms with Gasteiger partial charge in [0, 0.05) is 18.0 Å². The topological polar surface area (TPSA) is 20.3 Å². The Morgan fingerprint density at radius 3 is 2.24 bits per heavy atom. The number of rotatable bonds is 5. The van der Waals surface area contributed by atoms with Crippen LogP contribution in [0.5, 0.6) is 0 Å². The highest BCUT2D eigenvalue weighted by atomic mass is 35.5. The quantitative estimate of drug-likeness (QED) is 0.766. The Morgan fingerprint density at radius 1 is 1.24 bits per heavy atom. The lowest BCUT2D eigenvalue weighted by Gasteiger charge is -2.18. The molecule has 0 unspecified atom stereocenters. The van der Waals surface area contributed by atoms with Crippen molar-refractivity contribution in [3.63, 3.8) is 0 Å². The third kappa shape index (κ3) is 4.09. The molecule has 0 fully saturated rings. The van der Waals surface area contributed by atoms with Gasteiger partial charge in [0.25, 0.3) is 0 Å². The first kappa shape index (κ1) is 14.7. The number of amides is 1. The lowest BCUT2D eigenvalue weighted by molar-refractivity contribution is -0.127. The van der Waals surface area contributed by atoms with Gasteiger partial charge in [-0.2, -0.15) is 0 Å². The molecule has 0 aliphatic rings. The maximum absolute atomic E-state index is 11.8. The number of hydrogen-bond acceptors (Lipinski definition) is 2. The van der Waals surface area contributed by atoms with E-state index in [1.807, 2.05) is 13.8 Å². The number of benzene rings is 1. The highest BCUT2D eigenvalue weighted by molar-refractivity contribution is 8.00. The molecular formula is C12H15Cl2NOS. The zero-order valence-corrected chi connectivity index (χ0v) is 12.2. The molecule has 0 saturated carbocycles. The zero-order chi connectivity index (χ0) is 12.8. The molecule has 2 nitrogen and oxygen atoms in total. The van der Waals surface area contributed by atoms with Crippen LogP contribution in [0.2, 0.25) is 10.0 Å². The molecule has 0 aliphatic carbocycles. The average molecular weight is 292 g/mol. The predicted octanol–water partition coefficient (Wildman–Crippen LogP) is 3.95. The van der Waals surface area contributed by atoms with Crippen molar-refractivity contribution in [3.05, 3.63) is 28.2 Å². The Balaban J connectivity index is 2.64. The van der Waals surface area contributed by atoms with Crippen molar-refractivity contribution < 1.29 is 4.79 Å². The minimum absolute atomic E-state index is 0.107. The van der Waals surface area contributed by atoms with E-state index >= 15 is 0 Å². The third-order valence-corrected chi connectivity index (χ3v) is 4.35. The molecule has 0 spiro atoms. The third-order valence-electron chi connectivity index (χ3n) is 2.38. The standard InChI is InChI=1S/C12H15Cl2NOS/c1-3-15(4-2)11(16)8-17-12-9(13)6-5-7-10(12)14/h5-7H,3-4,8H2,1-2H3. The van der Waals surface area contributed by atoms with Crippen molar-refractivity contribution in [2.24, 2.45) is 0 Å². The molecule has 17 heavy (non-hydrogen) atoms. The smallest absolute Gasteiger partial charge is 0.232 e. The van der Waals surface area contributed by atoms with Crippen LogP contribution in [-0.4, -0.2) is 29.6 Å². The van der Waals surface area contributed by atoms with Gasteiger partial charge in [-0.15, -0.1) is 11.8 Å². The molecule has 0 aliphatic heterocycles. The summed E-state index contributed by atoms with van der Waals surface area (Å²) in [4.78, 5) is 14.4. The first-order valence-electron chi connectivity index (χ1n) is 5.44. The highest BCUT2D eigenvalue weighted by Gasteiger charge is 2.12. The first-order valence-corrected chi connectivity index (χ1v) is 7.18. The molecular weight excluding hydrogens is 277 g/mol. The number of carbonyl (C=O) groups excluding carboxylic acids is 1. The van der Waals surface area contributed by atoms with E-state index in [-0.39, 0.29) is 5.91 Å². The Hall–Kier alpha value is -0.380. The maximum atomic E-state index is 11.8. The number of carbonyl (C=O) groups is 1. The largest absolute Gasteiger partial charge is 0.343 e. The molecule has 0 aromatic heterocycles. The summed E-state index contributed by atoms with van der Waals surface area (Å²) in [6.07, 6.45) is 0. The summed E-state index contributed by atoms with van der Waals surface area (Å²) in [5, 5.41) is 1.18. The number of hydrogen-bond donors (Lipinski definition) is 0. The lowest BCUT2D eigenvalue weighted by Crippen LogP contribution is -2.31. The van der Waals surface area contributed by atoms with E-state index in [1.165, 1.54) is 11.8 Å². The monoisotopic (exact) mass is 291 g/mol. The van der Waals surface area contributed by atoms with Gasteiger partial charge in [-0.05, 0) is 26.0 Å². The maximum Gasteiger partial charge on any atom is 0.232 e. The molecule has 1 rings (SSSR count). The van der Waals surface area contributed by atoms with Crippen LogP contribution in [0.25, 0.3) is 0 Å². The molecule has 0 bridgehead atoms. The van der Waals surface area contributed by atoms with Crippen LogP contribution in [-0.2, 0) is 4.79 Å². The van der Waals surface area contributed by atoms with Gasteiger partial charge in [0.1, 0.15) is 0 Å². The summed E-state index contributed by atoms with van der Waals surface area (Å²) in [6.45, 7) is 5.39. The second kappa shape index (κ2) is 7.14. The van der Waals surface area contributed by atoms with E-state index in [2.05, 4.69) is 0 Å². The normalized spacial score (nSPS) is 10.4. The van der Waals surface area contributed by atoms with E-state index in [9.17, 15) is 4.79 Å². The summed E-state index contributed by atoms with van der Waals surface area (Å²) in [7, 11) is 0. The molecule has 1 aromatic carbocycles. The van der Waals surface area contributed by atoms with Crippen molar-refractivity contribution in [2.45, 2.75) is 18.7 Å². The second-order valence-corrected chi connectivity index (χ2v) is 5.21. The van der Waals surface area contributed by atoms with E-state index in [1.54, 1.807) is 23.1 Å². The van der Waals surface area contributed by atoms with Crippen LogP contribution in [0.15, 0.2) is 23.1 Å². The van der Waals surface area contributed by atoms with E-state index < -0.39 is 0 Å². The minimum atomic E-state index is 0.107. The fourth-order valence-corrected chi connectivity index (χ4v) is 3.01. The summed E-state index contributed by atoms with van der Waals surface area (Å²) in [5.74, 6) is 0.474. The minimum Gasteiger partial charge on any atom is -0.343 e. The number of nitrogens with zero attached hydrogens (tertiary/aromatic N) is 1. The number of halogens is 2. The lowest BCUT2D eigenvalue weighted by atomic mass is 10.4. The molecule has 5 heteroatoms. The molecule has 0 saturated heterocycles. The molecule has 1 amide bonds. The Kier molecular flexibility index (Phi) is 6.17. The van der Waals surface area contributed by atoms with Crippen molar-refractivity contribution in [1.29, 1.82) is 0 Å². The summed E-state index contributed by atoms with van der Waals surface area (Å²) >= 11 is 13.4. The molecule has 1 aromatic rings. The zero-order valence-electron chi connectivity index (χ0n) is 9.87. The summed E-state index contributed by atoms with van der Waals surface area (Å²) in [5.41, 5.74) is 0. The van der Waals surface area contributed by atoms with Gasteiger partial charge in [-0.3, -0.25) is 4.79 Å². The van der Waals surface area contributed by atoms with Gasteiger partial charge in [-0.25, -0.2) is 0 Å². The molecule has 94 valence electrons. The Bertz CT molecular complexity index is 374. The van der Waals surface area contributed by atoms with Gasteiger partial charge < -0.3 is 4.90 Å². The molecule has 0 radical (unpaired) electrons. The van der Waals surface area contributed by atoms with Crippen LogP contribution < -0.4 is 0 Å². The second-order valence-electron chi connectivity index (χ2n) is 3.41. The van der Waals surface area contributed by atoms with Crippen molar-refractivity contribution >= 4 is 40.9 Å². The number of thioether (sulfide) groups is 1. The Morgan fingerprint density at radius 2 is 1.76 bits per heavy atom. The Labute approximate surface area is 116 Å². The predicted molar refractivity (Wildman–Crippen MR) is 75.1 cm³/mol. The van der Waals surface area contributed by atoms with Crippen LogP contribution >= 0.6 is 35.0 Å². The van der Waals surface area contributed by atoms with Crippen LogP contribution in [0, 0.1) is 0 Å². The van der Waals surface area contributed by atoms with Crippen LogP contribution in [0.3, 0.4) is 0 Å². The van der Waals surface area contributed by atoms with Crippen molar-refractivity contribution in [3.8, 4) is 0 Å². The van der Waals surface area contributed by atoms with Crippen molar-refractivity contribution in [1.82, 2.24) is 4.90 Å². The van der Waals surface area contributed by atoms with E-state index in [0.717, 1.165) is 18.0 Å². The molecule has 0 N–H and O–H groups in total.